The quantitative estimate of drug-likeness (QED) is 0.571. The van der Waals surface area contributed by atoms with Gasteiger partial charge in [0.05, 0.1) is 10.3 Å². The Bertz CT molecular complexity index is 947. The molecule has 0 saturated carbocycles. The van der Waals surface area contributed by atoms with Crippen molar-refractivity contribution in [2.75, 3.05) is 18.4 Å². The summed E-state index contributed by atoms with van der Waals surface area (Å²) >= 11 is 0. The Morgan fingerprint density at radius 2 is 1.93 bits per heavy atom. The number of carbonyl (C=O) groups is 2. The van der Waals surface area contributed by atoms with Gasteiger partial charge in [-0.05, 0) is 37.5 Å². The second-order valence-electron chi connectivity index (χ2n) is 7.67. The first-order valence-electron chi connectivity index (χ1n) is 9.29. The lowest BCUT2D eigenvalue weighted by atomic mass is 9.90. The van der Waals surface area contributed by atoms with Crippen LogP contribution < -0.4 is 5.32 Å². The van der Waals surface area contributed by atoms with Crippen LogP contribution in [0.1, 0.15) is 30.5 Å². The zero-order valence-electron chi connectivity index (χ0n) is 16.3. The van der Waals surface area contributed by atoms with E-state index in [-0.39, 0.29) is 17.9 Å². The van der Waals surface area contributed by atoms with E-state index in [4.69, 9.17) is 0 Å². The number of amides is 1. The smallest absolute Gasteiger partial charge is 0.310 e. The van der Waals surface area contributed by atoms with E-state index in [1.807, 2.05) is 11.0 Å². The Hall–Kier alpha value is -3.26. The van der Waals surface area contributed by atoms with Crippen LogP contribution in [0.4, 0.5) is 11.4 Å². The maximum absolute atomic E-state index is 13.2. The molecule has 3 rings (SSSR count). The number of hydrogen-bond donors (Lipinski definition) is 2. The van der Waals surface area contributed by atoms with Crippen LogP contribution in [0.5, 0.6) is 0 Å². The van der Waals surface area contributed by atoms with Crippen molar-refractivity contribution >= 4 is 23.3 Å². The summed E-state index contributed by atoms with van der Waals surface area (Å²) in [5, 5.41) is 23.6. The molecule has 8 nitrogen and oxygen atoms in total. The molecule has 2 N–H and O–H groups in total. The van der Waals surface area contributed by atoms with Gasteiger partial charge in [-0.15, -0.1) is 0 Å². The van der Waals surface area contributed by atoms with Crippen molar-refractivity contribution in [2.24, 2.45) is 5.41 Å². The predicted molar refractivity (Wildman–Crippen MR) is 108 cm³/mol. The average molecular weight is 397 g/mol. The van der Waals surface area contributed by atoms with Crippen LogP contribution in [0.3, 0.4) is 0 Å². The number of carboxylic acid groups (broad SMARTS) is 1. The topological polar surface area (TPSA) is 113 Å². The lowest BCUT2D eigenvalue weighted by Gasteiger charge is -2.28. The van der Waals surface area contributed by atoms with Crippen LogP contribution in [0.25, 0.3) is 0 Å². The van der Waals surface area contributed by atoms with Crippen LogP contribution in [0.15, 0.2) is 48.5 Å². The highest BCUT2D eigenvalue weighted by atomic mass is 16.6. The minimum absolute atomic E-state index is 0.117. The molecule has 1 heterocycles. The molecular formula is C21H23N3O5. The number of anilines is 1. The average Bonchev–Trinajstić information content (AvgIpc) is 3.07. The van der Waals surface area contributed by atoms with E-state index >= 15 is 0 Å². The molecular weight excluding hydrogens is 374 g/mol. The maximum atomic E-state index is 13.2. The zero-order chi connectivity index (χ0) is 21.2. The third-order valence-corrected chi connectivity index (χ3v) is 5.36. The number of carbonyl (C=O) groups excluding carboxylic acids is 1. The third-order valence-electron chi connectivity index (χ3n) is 5.36. The number of hydrogen-bond acceptors (Lipinski definition) is 5. The molecule has 2 atom stereocenters. The summed E-state index contributed by atoms with van der Waals surface area (Å²) in [5.41, 5.74) is 0.414. The van der Waals surface area contributed by atoms with Gasteiger partial charge < -0.3 is 10.4 Å². The predicted octanol–water partition coefficient (Wildman–Crippen LogP) is 3.38. The van der Waals surface area contributed by atoms with Gasteiger partial charge in [0.1, 0.15) is 11.7 Å². The van der Waals surface area contributed by atoms with Gasteiger partial charge in [-0.2, -0.15) is 0 Å². The fourth-order valence-corrected chi connectivity index (χ4v) is 3.65. The minimum atomic E-state index is -0.941. The number of nitrogens with zero attached hydrogens (tertiary/aromatic N) is 2. The summed E-state index contributed by atoms with van der Waals surface area (Å²) in [5.74, 6) is -1.33. The first-order chi connectivity index (χ1) is 13.7. The molecule has 1 saturated heterocycles. The lowest BCUT2D eigenvalue weighted by molar-refractivity contribution is -0.384. The Balaban J connectivity index is 1.93. The molecule has 152 valence electrons. The fourth-order valence-electron chi connectivity index (χ4n) is 3.65. The van der Waals surface area contributed by atoms with Crippen molar-refractivity contribution in [3.8, 4) is 0 Å². The number of nitrogens with one attached hydrogen (secondary N) is 1. The molecule has 1 aliphatic rings. The second kappa shape index (κ2) is 8.00. The van der Waals surface area contributed by atoms with Gasteiger partial charge in [-0.1, -0.05) is 36.4 Å². The Kier molecular flexibility index (Phi) is 5.65. The molecule has 1 aliphatic heterocycles. The number of benzene rings is 2. The summed E-state index contributed by atoms with van der Waals surface area (Å²) in [4.78, 5) is 37.5. The fraction of sp³-hybridized carbons (Fsp3) is 0.333. The van der Waals surface area contributed by atoms with Crippen molar-refractivity contribution < 1.29 is 19.6 Å². The van der Waals surface area contributed by atoms with Crippen LogP contribution in [0, 0.1) is 22.5 Å². The number of likely N-dealkylation sites (tertiary alicyclic amines) is 1. The number of nitro groups is 1. The van der Waals surface area contributed by atoms with Crippen molar-refractivity contribution in [3.05, 3.63) is 69.8 Å². The summed E-state index contributed by atoms with van der Waals surface area (Å²) in [7, 11) is 0. The summed E-state index contributed by atoms with van der Waals surface area (Å²) < 4.78 is 0. The highest BCUT2D eigenvalue weighted by molar-refractivity contribution is 5.97. The largest absolute Gasteiger partial charge is 0.481 e. The second-order valence-corrected chi connectivity index (χ2v) is 7.67. The first-order valence-corrected chi connectivity index (χ1v) is 9.29. The van der Waals surface area contributed by atoms with E-state index in [0.29, 0.717) is 24.1 Å². The summed E-state index contributed by atoms with van der Waals surface area (Å²) in [6.07, 6.45) is 0.420. The molecule has 1 fully saturated rings. The monoisotopic (exact) mass is 397 g/mol. The van der Waals surface area contributed by atoms with Gasteiger partial charge in [-0.3, -0.25) is 24.6 Å². The zero-order valence-corrected chi connectivity index (χ0v) is 16.3. The van der Waals surface area contributed by atoms with Crippen LogP contribution in [-0.4, -0.2) is 39.9 Å². The van der Waals surface area contributed by atoms with Gasteiger partial charge in [0.15, 0.2) is 0 Å². The van der Waals surface area contributed by atoms with Gasteiger partial charge in [0, 0.05) is 19.2 Å². The van der Waals surface area contributed by atoms with Gasteiger partial charge in [-0.25, -0.2) is 0 Å². The highest BCUT2D eigenvalue weighted by Crippen LogP contribution is 2.36. The van der Waals surface area contributed by atoms with Crippen molar-refractivity contribution in [2.45, 2.75) is 26.3 Å². The van der Waals surface area contributed by atoms with Gasteiger partial charge in [0.25, 0.3) is 5.69 Å². The van der Waals surface area contributed by atoms with E-state index in [1.165, 1.54) is 12.1 Å². The number of nitro benzene ring substituents is 1. The van der Waals surface area contributed by atoms with E-state index in [2.05, 4.69) is 5.32 Å². The first kappa shape index (κ1) is 20.5. The van der Waals surface area contributed by atoms with Crippen molar-refractivity contribution in [3.63, 3.8) is 0 Å². The lowest BCUT2D eigenvalue weighted by Crippen LogP contribution is -2.38. The molecule has 0 aliphatic carbocycles. The Morgan fingerprint density at radius 1 is 1.24 bits per heavy atom. The van der Waals surface area contributed by atoms with Crippen molar-refractivity contribution in [1.82, 2.24) is 4.90 Å². The van der Waals surface area contributed by atoms with Gasteiger partial charge in [0.2, 0.25) is 5.91 Å². The number of carboxylic acids is 1. The Morgan fingerprint density at radius 3 is 2.52 bits per heavy atom. The molecule has 2 unspecified atom stereocenters. The third kappa shape index (κ3) is 4.27. The molecule has 8 heteroatoms. The molecule has 0 spiro atoms. The molecule has 2 aromatic rings. The molecule has 2 aromatic carbocycles. The van der Waals surface area contributed by atoms with E-state index in [9.17, 15) is 24.8 Å². The van der Waals surface area contributed by atoms with E-state index in [0.717, 1.165) is 0 Å². The SMILES string of the molecule is Cc1ccc(NC(=O)C(c2ccccc2)N2CCC(C)(C(=O)O)C2)c([N+](=O)[O-])c1. The van der Waals surface area contributed by atoms with Gasteiger partial charge >= 0.3 is 5.97 Å². The van der Waals surface area contributed by atoms with E-state index < -0.39 is 28.3 Å². The van der Waals surface area contributed by atoms with Crippen LogP contribution >= 0.6 is 0 Å². The summed E-state index contributed by atoms with van der Waals surface area (Å²) in [6, 6.07) is 12.9. The number of aryl methyl sites for hydroxylation is 1. The summed E-state index contributed by atoms with van der Waals surface area (Å²) in [6.45, 7) is 4.06. The standard InChI is InChI=1S/C21H23N3O5/c1-14-8-9-16(17(12-14)24(28)29)22-19(25)18(15-6-4-3-5-7-15)23-11-10-21(2,13-23)20(26)27/h3-9,12,18H,10-11,13H2,1-2H3,(H,22,25)(H,26,27). The van der Waals surface area contributed by atoms with Crippen LogP contribution in [0.2, 0.25) is 0 Å². The molecule has 0 radical (unpaired) electrons. The maximum Gasteiger partial charge on any atom is 0.310 e. The molecule has 1 amide bonds. The van der Waals surface area contributed by atoms with Crippen molar-refractivity contribution in [1.29, 1.82) is 0 Å². The van der Waals surface area contributed by atoms with E-state index in [1.54, 1.807) is 44.2 Å². The minimum Gasteiger partial charge on any atom is -0.481 e. The highest BCUT2D eigenvalue weighted by Gasteiger charge is 2.44. The normalized spacial score (nSPS) is 20.2. The number of rotatable bonds is 6. The van der Waals surface area contributed by atoms with Crippen LogP contribution in [-0.2, 0) is 9.59 Å². The molecule has 0 aromatic heterocycles. The number of aliphatic carboxylic acids is 1. The molecule has 29 heavy (non-hydrogen) atoms. The Labute approximate surface area is 168 Å². The molecule has 0 bridgehead atoms.